The van der Waals surface area contributed by atoms with Crippen LogP contribution in [0.5, 0.6) is 0 Å². The minimum Gasteiger partial charge on any atom is -0.312 e. The second-order valence-corrected chi connectivity index (χ2v) is 3.76. The molecule has 3 nitrogen and oxygen atoms in total. The highest BCUT2D eigenvalue weighted by Gasteiger charge is 2.13. The molecule has 1 rings (SSSR count). The number of aliphatic imine (C=N–C) groups is 1. The van der Waals surface area contributed by atoms with Crippen LogP contribution >= 0.6 is 0 Å². The Morgan fingerprint density at radius 1 is 1.46 bits per heavy atom. The molecule has 76 valence electrons. The van der Waals surface area contributed by atoms with Crippen LogP contribution in [0.25, 0.3) is 0 Å². The lowest BCUT2D eigenvalue weighted by Gasteiger charge is -2.08. The zero-order valence-corrected chi connectivity index (χ0v) is 8.55. The van der Waals surface area contributed by atoms with Crippen LogP contribution in [0.4, 0.5) is 0 Å². The Kier molecular flexibility index (Phi) is 4.83. The summed E-state index contributed by atoms with van der Waals surface area (Å²) < 4.78 is 0. The first-order valence-corrected chi connectivity index (χ1v) is 5.40. The van der Waals surface area contributed by atoms with Crippen LogP contribution in [0.3, 0.4) is 0 Å². The van der Waals surface area contributed by atoms with Gasteiger partial charge in [-0.05, 0) is 19.3 Å². The standard InChI is InChI=1S/C10H21N3/c1-2-3-8-10(13-11)12-9-6-4-5-7-9/h9H,2-8,11H2,1H3,(H,12,13). The Morgan fingerprint density at radius 2 is 2.15 bits per heavy atom. The summed E-state index contributed by atoms with van der Waals surface area (Å²) in [6, 6.07) is 0.544. The molecular weight excluding hydrogens is 162 g/mol. The fourth-order valence-electron chi connectivity index (χ4n) is 1.77. The van der Waals surface area contributed by atoms with Gasteiger partial charge < -0.3 is 5.43 Å². The van der Waals surface area contributed by atoms with Crippen LogP contribution < -0.4 is 11.3 Å². The Morgan fingerprint density at radius 3 is 2.69 bits per heavy atom. The summed E-state index contributed by atoms with van der Waals surface area (Å²) in [7, 11) is 0. The quantitative estimate of drug-likeness (QED) is 0.303. The molecule has 13 heavy (non-hydrogen) atoms. The molecule has 1 aliphatic carbocycles. The smallest absolute Gasteiger partial charge is 0.111 e. The molecule has 0 unspecified atom stereocenters. The maximum atomic E-state index is 5.41. The summed E-state index contributed by atoms with van der Waals surface area (Å²) in [5.74, 6) is 6.41. The van der Waals surface area contributed by atoms with E-state index < -0.39 is 0 Å². The molecule has 3 heteroatoms. The molecule has 0 aliphatic heterocycles. The summed E-state index contributed by atoms with van der Waals surface area (Å²) in [6.45, 7) is 2.18. The Hall–Kier alpha value is -0.570. The monoisotopic (exact) mass is 183 g/mol. The summed E-state index contributed by atoms with van der Waals surface area (Å²) in [4.78, 5) is 4.61. The molecule has 3 N–H and O–H groups in total. The first-order chi connectivity index (χ1) is 6.36. The van der Waals surface area contributed by atoms with E-state index in [1.54, 1.807) is 0 Å². The van der Waals surface area contributed by atoms with Gasteiger partial charge in [0, 0.05) is 6.42 Å². The van der Waals surface area contributed by atoms with E-state index in [0.717, 1.165) is 12.3 Å². The highest BCUT2D eigenvalue weighted by Crippen LogP contribution is 2.21. The summed E-state index contributed by atoms with van der Waals surface area (Å²) in [5, 5.41) is 0. The maximum Gasteiger partial charge on any atom is 0.111 e. The van der Waals surface area contributed by atoms with Crippen molar-refractivity contribution in [2.24, 2.45) is 10.8 Å². The van der Waals surface area contributed by atoms with Crippen LogP contribution in [0.15, 0.2) is 4.99 Å². The van der Waals surface area contributed by atoms with Crippen molar-refractivity contribution in [3.63, 3.8) is 0 Å². The highest BCUT2D eigenvalue weighted by atomic mass is 15.3. The highest BCUT2D eigenvalue weighted by molar-refractivity contribution is 5.81. The van der Waals surface area contributed by atoms with E-state index in [9.17, 15) is 0 Å². The van der Waals surface area contributed by atoms with Crippen molar-refractivity contribution in [3.05, 3.63) is 0 Å². The molecule has 0 radical (unpaired) electrons. The van der Waals surface area contributed by atoms with Gasteiger partial charge in [-0.1, -0.05) is 26.2 Å². The second-order valence-electron chi connectivity index (χ2n) is 3.76. The predicted octanol–water partition coefficient (Wildman–Crippen LogP) is 1.98. The van der Waals surface area contributed by atoms with E-state index >= 15 is 0 Å². The zero-order valence-electron chi connectivity index (χ0n) is 8.55. The van der Waals surface area contributed by atoms with Crippen LogP contribution in [-0.4, -0.2) is 11.9 Å². The van der Waals surface area contributed by atoms with Crippen molar-refractivity contribution in [1.82, 2.24) is 5.43 Å². The molecule has 0 aromatic carbocycles. The number of nitrogens with zero attached hydrogens (tertiary/aromatic N) is 1. The number of nitrogens with one attached hydrogen (secondary N) is 1. The Labute approximate surface area is 80.8 Å². The van der Waals surface area contributed by atoms with Crippen molar-refractivity contribution in [1.29, 1.82) is 0 Å². The fourth-order valence-corrected chi connectivity index (χ4v) is 1.77. The van der Waals surface area contributed by atoms with Gasteiger partial charge in [0.25, 0.3) is 0 Å². The third-order valence-electron chi connectivity index (χ3n) is 2.60. The minimum atomic E-state index is 0.544. The molecule has 1 aliphatic rings. The summed E-state index contributed by atoms with van der Waals surface area (Å²) in [5.41, 5.74) is 2.71. The van der Waals surface area contributed by atoms with Gasteiger partial charge >= 0.3 is 0 Å². The average molecular weight is 183 g/mol. The van der Waals surface area contributed by atoms with Crippen LogP contribution in [0.2, 0.25) is 0 Å². The molecule has 0 atom stereocenters. The lowest BCUT2D eigenvalue weighted by atomic mass is 10.2. The van der Waals surface area contributed by atoms with Crippen molar-refractivity contribution < 1.29 is 0 Å². The van der Waals surface area contributed by atoms with Crippen molar-refractivity contribution in [2.45, 2.75) is 57.9 Å². The third-order valence-corrected chi connectivity index (χ3v) is 2.60. The molecule has 1 saturated carbocycles. The van der Waals surface area contributed by atoms with Gasteiger partial charge in [-0.3, -0.25) is 4.99 Å². The lowest BCUT2D eigenvalue weighted by molar-refractivity contribution is 0.689. The first-order valence-electron chi connectivity index (χ1n) is 5.40. The van der Waals surface area contributed by atoms with Gasteiger partial charge in [-0.25, -0.2) is 5.84 Å². The van der Waals surface area contributed by atoms with E-state index in [4.69, 9.17) is 5.84 Å². The van der Waals surface area contributed by atoms with Gasteiger partial charge in [-0.15, -0.1) is 0 Å². The molecule has 0 saturated heterocycles. The number of unbranched alkanes of at least 4 members (excludes halogenated alkanes) is 1. The number of hydrogen-bond acceptors (Lipinski definition) is 2. The number of hydrazine groups is 1. The van der Waals surface area contributed by atoms with Gasteiger partial charge in [0.2, 0.25) is 0 Å². The van der Waals surface area contributed by atoms with E-state index in [2.05, 4.69) is 17.3 Å². The number of nitrogens with two attached hydrogens (primary N) is 1. The Balaban J connectivity index is 2.33. The molecular formula is C10H21N3. The predicted molar refractivity (Wildman–Crippen MR) is 56.5 cm³/mol. The van der Waals surface area contributed by atoms with E-state index in [1.807, 2.05) is 0 Å². The third kappa shape index (κ3) is 3.77. The first kappa shape index (κ1) is 10.5. The zero-order chi connectivity index (χ0) is 9.52. The average Bonchev–Trinajstić information content (AvgIpc) is 2.64. The molecule has 0 aromatic rings. The van der Waals surface area contributed by atoms with Crippen LogP contribution in [-0.2, 0) is 0 Å². The normalized spacial score (nSPS) is 19.4. The van der Waals surface area contributed by atoms with Crippen molar-refractivity contribution >= 4 is 5.84 Å². The van der Waals surface area contributed by atoms with Crippen LogP contribution in [0, 0.1) is 0 Å². The topological polar surface area (TPSA) is 50.4 Å². The Bertz CT molecular complexity index is 160. The van der Waals surface area contributed by atoms with Gasteiger partial charge in [0.15, 0.2) is 0 Å². The molecule has 0 amide bonds. The molecule has 0 spiro atoms. The minimum absolute atomic E-state index is 0.544. The maximum absolute atomic E-state index is 5.41. The van der Waals surface area contributed by atoms with E-state index in [1.165, 1.54) is 38.5 Å². The summed E-state index contributed by atoms with van der Waals surface area (Å²) >= 11 is 0. The molecule has 0 aromatic heterocycles. The number of rotatable bonds is 4. The molecule has 1 fully saturated rings. The largest absolute Gasteiger partial charge is 0.312 e. The number of amidine groups is 1. The SMILES string of the molecule is CCCCC(=NC1CCCC1)NN. The van der Waals surface area contributed by atoms with E-state index in [0.29, 0.717) is 6.04 Å². The fraction of sp³-hybridized carbons (Fsp3) is 0.900. The summed E-state index contributed by atoms with van der Waals surface area (Å²) in [6.07, 6.45) is 8.54. The van der Waals surface area contributed by atoms with Gasteiger partial charge in [0.1, 0.15) is 5.84 Å². The lowest BCUT2D eigenvalue weighted by Crippen LogP contribution is -2.31. The molecule has 0 heterocycles. The van der Waals surface area contributed by atoms with Crippen molar-refractivity contribution in [2.75, 3.05) is 0 Å². The van der Waals surface area contributed by atoms with E-state index in [-0.39, 0.29) is 0 Å². The van der Waals surface area contributed by atoms with Crippen LogP contribution in [0.1, 0.15) is 51.9 Å². The van der Waals surface area contributed by atoms with Gasteiger partial charge in [-0.2, -0.15) is 0 Å². The molecule has 0 bridgehead atoms. The van der Waals surface area contributed by atoms with Crippen molar-refractivity contribution in [3.8, 4) is 0 Å². The number of hydrogen-bond donors (Lipinski definition) is 2. The van der Waals surface area contributed by atoms with Gasteiger partial charge in [0.05, 0.1) is 6.04 Å². The second kappa shape index (κ2) is 5.97.